The Balaban J connectivity index is 1.46. The first-order chi connectivity index (χ1) is 16.7. The van der Waals surface area contributed by atoms with E-state index in [-0.39, 0.29) is 36.2 Å². The van der Waals surface area contributed by atoms with Gasteiger partial charge in [-0.3, -0.25) is 4.79 Å². The number of amides is 2. The Morgan fingerprint density at radius 1 is 1.20 bits per heavy atom. The molecule has 0 radical (unpaired) electrons. The van der Waals surface area contributed by atoms with Gasteiger partial charge in [0.25, 0.3) is 0 Å². The molecule has 2 aliphatic rings. The quantitative estimate of drug-likeness (QED) is 0.523. The number of carbonyl (C=O) groups excluding carboxylic acids is 2. The molecule has 8 heteroatoms. The third kappa shape index (κ3) is 8.23. The number of halogens is 1. The lowest BCUT2D eigenvalue weighted by molar-refractivity contribution is -0.125. The minimum Gasteiger partial charge on any atom is -0.490 e. The van der Waals surface area contributed by atoms with Crippen molar-refractivity contribution < 1.29 is 28.6 Å². The number of aliphatic hydroxyl groups is 1. The summed E-state index contributed by atoms with van der Waals surface area (Å²) in [5.41, 5.74) is 1.36. The number of aliphatic hydroxyl groups excluding tert-OH is 1. The molecule has 3 rings (SSSR count). The van der Waals surface area contributed by atoms with Crippen LogP contribution in [0.5, 0.6) is 5.75 Å². The minimum absolute atomic E-state index is 0.0145. The summed E-state index contributed by atoms with van der Waals surface area (Å²) in [6.45, 7) is 7.74. The molecule has 1 aromatic rings. The smallest absolute Gasteiger partial charge is 0.410 e. The van der Waals surface area contributed by atoms with Crippen LogP contribution in [0.25, 0.3) is 5.57 Å². The normalized spacial score (nSPS) is 19.2. The number of ether oxygens (including phenoxy) is 2. The van der Waals surface area contributed by atoms with Crippen LogP contribution in [-0.2, 0) is 9.53 Å². The molecule has 0 saturated carbocycles. The van der Waals surface area contributed by atoms with Crippen molar-refractivity contribution in [2.45, 2.75) is 64.9 Å². The molecule has 35 heavy (non-hydrogen) atoms. The van der Waals surface area contributed by atoms with E-state index in [1.54, 1.807) is 11.0 Å². The number of carbonyl (C=O) groups is 2. The van der Waals surface area contributed by atoms with Gasteiger partial charge in [-0.05, 0) is 88.5 Å². The predicted molar refractivity (Wildman–Crippen MR) is 132 cm³/mol. The molecule has 0 bridgehead atoms. The first-order valence-electron chi connectivity index (χ1n) is 12.6. The monoisotopic (exact) mass is 490 g/mol. The predicted octanol–water partition coefficient (Wildman–Crippen LogP) is 4.53. The fourth-order valence-corrected chi connectivity index (χ4v) is 4.40. The number of nitrogens with zero attached hydrogens (tertiary/aromatic N) is 1. The summed E-state index contributed by atoms with van der Waals surface area (Å²) in [5.74, 6) is 0.0424. The molecule has 194 valence electrons. The zero-order chi connectivity index (χ0) is 25.4. The molecule has 1 heterocycles. The Morgan fingerprint density at radius 3 is 2.54 bits per heavy atom. The van der Waals surface area contributed by atoms with Crippen molar-refractivity contribution in [1.29, 1.82) is 0 Å². The molecule has 2 N–H and O–H groups in total. The lowest BCUT2D eigenvalue weighted by atomic mass is 9.86. The summed E-state index contributed by atoms with van der Waals surface area (Å²) in [5, 5.41) is 11.7. The number of nitrogens with one attached hydrogen (secondary N) is 1. The van der Waals surface area contributed by atoms with Crippen molar-refractivity contribution in [2.75, 3.05) is 32.8 Å². The SMILES string of the molecule is CC(C)(C)OC(=O)N1CCC(COc2ccc(C3=CCC(C(=O)NCCCO)CC3)cc2F)CC1. The second-order valence-corrected chi connectivity index (χ2v) is 10.4. The molecule has 0 spiro atoms. The molecule has 7 nitrogen and oxygen atoms in total. The van der Waals surface area contributed by atoms with Crippen LogP contribution in [0, 0.1) is 17.7 Å². The number of benzene rings is 1. The van der Waals surface area contributed by atoms with E-state index in [4.69, 9.17) is 14.6 Å². The second kappa shape index (κ2) is 12.4. The Bertz CT molecular complexity index is 903. The number of hydrogen-bond acceptors (Lipinski definition) is 5. The first kappa shape index (κ1) is 27.0. The lowest BCUT2D eigenvalue weighted by Gasteiger charge is -2.33. The standard InChI is InChI=1S/C27H39FN2O5/c1-27(2,3)35-26(33)30-14-11-19(12-15-30)18-34-24-10-9-22(17-23(24)28)20-5-7-21(8-6-20)25(32)29-13-4-16-31/h5,9-10,17,19,21,31H,4,6-8,11-16,18H2,1-3H3,(H,29,32). The zero-order valence-corrected chi connectivity index (χ0v) is 21.1. The number of likely N-dealkylation sites (tertiary alicyclic amines) is 1. The van der Waals surface area contributed by atoms with Crippen molar-refractivity contribution >= 4 is 17.6 Å². The largest absolute Gasteiger partial charge is 0.490 e. The van der Waals surface area contributed by atoms with E-state index in [0.717, 1.165) is 30.4 Å². The molecule has 1 aromatic carbocycles. The van der Waals surface area contributed by atoms with Gasteiger partial charge in [0, 0.05) is 32.2 Å². The molecular formula is C27H39FN2O5. The lowest BCUT2D eigenvalue weighted by Crippen LogP contribution is -2.42. The fraction of sp³-hybridized carbons (Fsp3) is 0.630. The second-order valence-electron chi connectivity index (χ2n) is 10.4. The van der Waals surface area contributed by atoms with Gasteiger partial charge in [-0.25, -0.2) is 9.18 Å². The van der Waals surface area contributed by atoms with Gasteiger partial charge in [-0.2, -0.15) is 0 Å². The molecular weight excluding hydrogens is 451 g/mol. The van der Waals surface area contributed by atoms with Gasteiger partial charge in [-0.15, -0.1) is 0 Å². The van der Waals surface area contributed by atoms with Crippen molar-refractivity contribution in [1.82, 2.24) is 10.2 Å². The maximum absolute atomic E-state index is 14.8. The van der Waals surface area contributed by atoms with Gasteiger partial charge < -0.3 is 24.8 Å². The Morgan fingerprint density at radius 2 is 1.94 bits per heavy atom. The maximum atomic E-state index is 14.8. The van der Waals surface area contributed by atoms with E-state index in [2.05, 4.69) is 5.32 Å². The van der Waals surface area contributed by atoms with E-state index in [1.165, 1.54) is 6.07 Å². The van der Waals surface area contributed by atoms with Crippen LogP contribution in [-0.4, -0.2) is 60.5 Å². The Labute approximate surface area is 207 Å². The molecule has 1 aliphatic heterocycles. The number of rotatable bonds is 8. The first-order valence-corrected chi connectivity index (χ1v) is 12.6. The summed E-state index contributed by atoms with van der Waals surface area (Å²) in [7, 11) is 0. The van der Waals surface area contributed by atoms with E-state index >= 15 is 0 Å². The van der Waals surface area contributed by atoms with Gasteiger partial charge in [0.05, 0.1) is 6.61 Å². The van der Waals surface area contributed by atoms with Crippen molar-refractivity contribution in [3.05, 3.63) is 35.7 Å². The molecule has 1 unspecified atom stereocenters. The van der Waals surface area contributed by atoms with Gasteiger partial charge in [0.1, 0.15) is 5.60 Å². The maximum Gasteiger partial charge on any atom is 0.410 e. The molecule has 1 aliphatic carbocycles. The summed E-state index contributed by atoms with van der Waals surface area (Å²) in [4.78, 5) is 26.1. The highest BCUT2D eigenvalue weighted by molar-refractivity contribution is 5.80. The van der Waals surface area contributed by atoms with Crippen LogP contribution in [0.3, 0.4) is 0 Å². The van der Waals surface area contributed by atoms with Crippen LogP contribution in [0.1, 0.15) is 64.9 Å². The van der Waals surface area contributed by atoms with Crippen molar-refractivity contribution in [3.63, 3.8) is 0 Å². The van der Waals surface area contributed by atoms with E-state index in [9.17, 15) is 14.0 Å². The summed E-state index contributed by atoms with van der Waals surface area (Å²) >= 11 is 0. The summed E-state index contributed by atoms with van der Waals surface area (Å²) < 4.78 is 26.0. The van der Waals surface area contributed by atoms with Crippen molar-refractivity contribution in [2.24, 2.45) is 11.8 Å². The van der Waals surface area contributed by atoms with E-state index in [0.29, 0.717) is 45.5 Å². The van der Waals surface area contributed by atoms with Crippen LogP contribution in [0.15, 0.2) is 24.3 Å². The third-order valence-corrected chi connectivity index (χ3v) is 6.46. The third-order valence-electron chi connectivity index (χ3n) is 6.46. The van der Waals surface area contributed by atoms with Gasteiger partial charge >= 0.3 is 6.09 Å². The van der Waals surface area contributed by atoms with Gasteiger partial charge in [0.15, 0.2) is 11.6 Å². The Kier molecular flexibility index (Phi) is 9.55. The molecule has 0 aromatic heterocycles. The van der Waals surface area contributed by atoms with Gasteiger partial charge in [0.2, 0.25) is 5.91 Å². The van der Waals surface area contributed by atoms with Crippen LogP contribution in [0.4, 0.5) is 9.18 Å². The fourth-order valence-electron chi connectivity index (χ4n) is 4.40. The highest BCUT2D eigenvalue weighted by Gasteiger charge is 2.27. The molecule has 1 fully saturated rings. The van der Waals surface area contributed by atoms with E-state index < -0.39 is 11.4 Å². The Hall–Kier alpha value is -2.61. The van der Waals surface area contributed by atoms with E-state index in [1.807, 2.05) is 32.9 Å². The summed E-state index contributed by atoms with van der Waals surface area (Å²) in [6, 6.07) is 5.06. The number of hydrogen-bond donors (Lipinski definition) is 2. The van der Waals surface area contributed by atoms with Crippen LogP contribution in [0.2, 0.25) is 0 Å². The average Bonchev–Trinajstić information content (AvgIpc) is 2.82. The zero-order valence-electron chi connectivity index (χ0n) is 21.1. The molecule has 1 saturated heterocycles. The van der Waals surface area contributed by atoms with Gasteiger partial charge in [-0.1, -0.05) is 12.1 Å². The topological polar surface area (TPSA) is 88.1 Å². The number of allylic oxidation sites excluding steroid dienone is 2. The van der Waals surface area contributed by atoms with Crippen LogP contribution >= 0.6 is 0 Å². The highest BCUT2D eigenvalue weighted by atomic mass is 19.1. The molecule has 1 atom stereocenters. The molecule has 2 amide bonds. The van der Waals surface area contributed by atoms with Crippen LogP contribution < -0.4 is 10.1 Å². The van der Waals surface area contributed by atoms with Crippen molar-refractivity contribution in [3.8, 4) is 5.75 Å². The number of piperidine rings is 1. The minimum atomic E-state index is -0.509. The summed E-state index contributed by atoms with van der Waals surface area (Å²) in [6.07, 6.45) is 5.94. The average molecular weight is 491 g/mol. The highest BCUT2D eigenvalue weighted by Crippen LogP contribution is 2.32.